The normalized spacial score (nSPS) is 16.6. The van der Waals surface area contributed by atoms with Crippen molar-refractivity contribution in [2.75, 3.05) is 6.54 Å². The van der Waals surface area contributed by atoms with Gasteiger partial charge in [0.1, 0.15) is 5.82 Å². The topological polar surface area (TPSA) is 86.3 Å². The Kier molecular flexibility index (Phi) is 5.94. The van der Waals surface area contributed by atoms with Gasteiger partial charge in [-0.3, -0.25) is 9.59 Å². The molecule has 0 bridgehead atoms. The van der Waals surface area contributed by atoms with Gasteiger partial charge in [-0.15, -0.1) is 0 Å². The van der Waals surface area contributed by atoms with Gasteiger partial charge < -0.3 is 15.0 Å². The molecule has 2 N–H and O–H groups in total. The first kappa shape index (κ1) is 23.6. The second kappa shape index (κ2) is 9.29. The van der Waals surface area contributed by atoms with Crippen molar-refractivity contribution >= 4 is 17.5 Å². The van der Waals surface area contributed by atoms with E-state index in [0.717, 1.165) is 35.2 Å². The zero-order valence-corrected chi connectivity index (χ0v) is 20.9. The molecular formula is C30H26ClN3O3. The standard InChI is InChI=1S/C30H26ClN3O3/c31-23-11-9-19(10-12-23)20-5-4-6-21(17-20)26(35)28(37)34-16-13-25-24(18-34)27(36)33-29(32-25)30(14-15-30)22-7-2-1-3-8-22/h1-12,17,26,35H,13-16,18H2,(H,32,33,36)/t26-/m1/s1. The van der Waals surface area contributed by atoms with Gasteiger partial charge in [0, 0.05) is 18.0 Å². The number of nitrogens with one attached hydrogen (secondary N) is 1. The Morgan fingerprint density at radius 2 is 1.76 bits per heavy atom. The molecule has 0 saturated heterocycles. The Bertz CT molecular complexity index is 1530. The molecule has 1 aliphatic heterocycles. The quantitative estimate of drug-likeness (QED) is 0.403. The highest BCUT2D eigenvalue weighted by atomic mass is 35.5. The minimum absolute atomic E-state index is 0.128. The van der Waals surface area contributed by atoms with E-state index in [2.05, 4.69) is 17.1 Å². The first-order valence-electron chi connectivity index (χ1n) is 12.5. The molecule has 6 rings (SSSR count). The van der Waals surface area contributed by atoms with Gasteiger partial charge in [0.15, 0.2) is 6.10 Å². The maximum atomic E-state index is 13.3. The van der Waals surface area contributed by atoms with Gasteiger partial charge in [-0.25, -0.2) is 4.98 Å². The molecule has 0 unspecified atom stereocenters. The molecule has 0 spiro atoms. The Hall–Kier alpha value is -3.74. The van der Waals surface area contributed by atoms with Crippen LogP contribution in [0.15, 0.2) is 83.7 Å². The van der Waals surface area contributed by atoms with E-state index in [9.17, 15) is 14.7 Å². The molecule has 0 radical (unpaired) electrons. The van der Waals surface area contributed by atoms with Gasteiger partial charge >= 0.3 is 0 Å². The predicted molar refractivity (Wildman–Crippen MR) is 142 cm³/mol. The number of hydrogen-bond acceptors (Lipinski definition) is 4. The molecule has 1 aromatic heterocycles. The van der Waals surface area contributed by atoms with Crippen molar-refractivity contribution in [2.24, 2.45) is 0 Å². The van der Waals surface area contributed by atoms with Crippen LogP contribution >= 0.6 is 11.6 Å². The minimum atomic E-state index is -1.33. The highest BCUT2D eigenvalue weighted by Gasteiger charge is 2.48. The number of amides is 1. The highest BCUT2D eigenvalue weighted by molar-refractivity contribution is 6.30. The Morgan fingerprint density at radius 1 is 1.00 bits per heavy atom. The number of hydrogen-bond donors (Lipinski definition) is 2. The molecule has 37 heavy (non-hydrogen) atoms. The first-order chi connectivity index (χ1) is 17.9. The van der Waals surface area contributed by atoms with E-state index in [1.54, 1.807) is 23.1 Å². The van der Waals surface area contributed by atoms with Crippen LogP contribution in [-0.2, 0) is 23.2 Å². The van der Waals surface area contributed by atoms with Crippen LogP contribution in [0, 0.1) is 0 Å². The lowest BCUT2D eigenvalue weighted by Crippen LogP contribution is -2.42. The number of aliphatic hydroxyl groups excluding tert-OH is 1. The number of carbonyl (C=O) groups excluding carboxylic acids is 1. The average Bonchev–Trinajstić information content (AvgIpc) is 3.75. The van der Waals surface area contributed by atoms with E-state index in [1.807, 2.05) is 48.5 Å². The minimum Gasteiger partial charge on any atom is -0.378 e. The summed E-state index contributed by atoms with van der Waals surface area (Å²) in [6.45, 7) is 0.525. The van der Waals surface area contributed by atoms with Crippen molar-refractivity contribution in [3.05, 3.63) is 122 Å². The Labute approximate surface area is 219 Å². The van der Waals surface area contributed by atoms with Crippen molar-refractivity contribution in [3.8, 4) is 11.1 Å². The molecule has 1 saturated carbocycles. The largest absolute Gasteiger partial charge is 0.378 e. The predicted octanol–water partition coefficient (Wildman–Crippen LogP) is 4.79. The average molecular weight is 512 g/mol. The van der Waals surface area contributed by atoms with Crippen LogP contribution in [0.2, 0.25) is 5.02 Å². The maximum absolute atomic E-state index is 13.3. The van der Waals surface area contributed by atoms with Crippen molar-refractivity contribution in [1.82, 2.24) is 14.9 Å². The summed E-state index contributed by atoms with van der Waals surface area (Å²) in [6, 6.07) is 24.8. The second-order valence-electron chi connectivity index (χ2n) is 9.83. The lowest BCUT2D eigenvalue weighted by molar-refractivity contribution is -0.141. The van der Waals surface area contributed by atoms with Crippen molar-refractivity contribution in [2.45, 2.75) is 37.3 Å². The molecule has 2 heterocycles. The SMILES string of the molecule is O=C([C@H](O)c1cccc(-c2ccc(Cl)cc2)c1)N1CCc2nc(C3(c4ccccc4)CC3)[nH]c(=O)c2C1. The van der Waals surface area contributed by atoms with Crippen molar-refractivity contribution in [3.63, 3.8) is 0 Å². The number of aromatic nitrogens is 2. The number of aliphatic hydroxyl groups is 1. The van der Waals surface area contributed by atoms with E-state index in [1.165, 1.54) is 0 Å². The molecule has 4 aromatic rings. The third kappa shape index (κ3) is 4.37. The molecule has 6 nitrogen and oxygen atoms in total. The fraction of sp³-hybridized carbons (Fsp3) is 0.233. The van der Waals surface area contributed by atoms with Crippen LogP contribution in [0.3, 0.4) is 0 Å². The molecule has 186 valence electrons. The molecular weight excluding hydrogens is 486 g/mol. The molecule has 1 amide bonds. The van der Waals surface area contributed by atoms with E-state index in [-0.39, 0.29) is 17.5 Å². The number of rotatable bonds is 5. The second-order valence-corrected chi connectivity index (χ2v) is 10.3. The van der Waals surface area contributed by atoms with Crippen LogP contribution < -0.4 is 5.56 Å². The van der Waals surface area contributed by atoms with Crippen LogP contribution in [0.25, 0.3) is 11.1 Å². The Morgan fingerprint density at radius 3 is 2.49 bits per heavy atom. The number of benzene rings is 3. The third-order valence-corrected chi connectivity index (χ3v) is 7.78. The van der Waals surface area contributed by atoms with Gasteiger partial charge in [0.05, 0.1) is 23.2 Å². The third-order valence-electron chi connectivity index (χ3n) is 7.52. The summed E-state index contributed by atoms with van der Waals surface area (Å²) in [5.74, 6) is 0.284. The molecule has 1 fully saturated rings. The van der Waals surface area contributed by atoms with Gasteiger partial charge in [-0.05, 0) is 53.3 Å². The monoisotopic (exact) mass is 511 g/mol. The zero-order valence-electron chi connectivity index (χ0n) is 20.2. The number of halogens is 1. The van der Waals surface area contributed by atoms with Gasteiger partial charge in [-0.2, -0.15) is 0 Å². The molecule has 1 atom stereocenters. The molecule has 2 aliphatic rings. The van der Waals surface area contributed by atoms with Crippen LogP contribution in [0.1, 0.15) is 47.2 Å². The highest BCUT2D eigenvalue weighted by Crippen LogP contribution is 2.51. The van der Waals surface area contributed by atoms with E-state index in [0.29, 0.717) is 34.9 Å². The van der Waals surface area contributed by atoms with E-state index in [4.69, 9.17) is 16.6 Å². The molecule has 7 heteroatoms. The number of aromatic amines is 1. The van der Waals surface area contributed by atoms with Crippen molar-refractivity contribution < 1.29 is 9.90 Å². The van der Waals surface area contributed by atoms with E-state index >= 15 is 0 Å². The fourth-order valence-corrected chi connectivity index (χ4v) is 5.36. The summed E-state index contributed by atoms with van der Waals surface area (Å²) in [7, 11) is 0. The van der Waals surface area contributed by atoms with Crippen LogP contribution in [0.5, 0.6) is 0 Å². The fourth-order valence-electron chi connectivity index (χ4n) is 5.23. The number of nitrogens with zero attached hydrogens (tertiary/aromatic N) is 2. The summed E-state index contributed by atoms with van der Waals surface area (Å²) < 4.78 is 0. The Balaban J connectivity index is 1.22. The first-order valence-corrected chi connectivity index (χ1v) is 12.8. The summed E-state index contributed by atoms with van der Waals surface area (Å²) in [5.41, 5.74) is 4.28. The lowest BCUT2D eigenvalue weighted by Gasteiger charge is -2.30. The number of fused-ring (bicyclic) bond motifs is 1. The maximum Gasteiger partial charge on any atom is 0.256 e. The zero-order chi connectivity index (χ0) is 25.6. The summed E-state index contributed by atoms with van der Waals surface area (Å²) >= 11 is 6.00. The summed E-state index contributed by atoms with van der Waals surface area (Å²) in [4.78, 5) is 35.8. The van der Waals surface area contributed by atoms with Crippen LogP contribution in [0.4, 0.5) is 0 Å². The molecule has 3 aromatic carbocycles. The molecule has 1 aliphatic carbocycles. The number of carbonyl (C=O) groups is 1. The van der Waals surface area contributed by atoms with Crippen LogP contribution in [-0.4, -0.2) is 32.4 Å². The van der Waals surface area contributed by atoms with Gasteiger partial charge in [0.25, 0.3) is 11.5 Å². The smallest absolute Gasteiger partial charge is 0.256 e. The van der Waals surface area contributed by atoms with E-state index < -0.39 is 12.0 Å². The number of H-pyrrole nitrogens is 1. The van der Waals surface area contributed by atoms with Crippen molar-refractivity contribution in [1.29, 1.82) is 0 Å². The summed E-state index contributed by atoms with van der Waals surface area (Å²) in [5, 5.41) is 11.6. The van der Waals surface area contributed by atoms with Gasteiger partial charge in [0.2, 0.25) is 0 Å². The summed E-state index contributed by atoms with van der Waals surface area (Å²) in [6.07, 6.45) is 1.04. The lowest BCUT2D eigenvalue weighted by atomic mass is 9.94. The van der Waals surface area contributed by atoms with Gasteiger partial charge in [-0.1, -0.05) is 72.3 Å².